The first-order valence-electron chi connectivity index (χ1n) is 5.24. The van der Waals surface area contributed by atoms with E-state index >= 15 is 0 Å². The van der Waals surface area contributed by atoms with Crippen LogP contribution in [0.2, 0.25) is 0 Å². The standard InChI is InChI=1S/C11H14N2O5/c1-7(18-2)6-12-11(15)9-5-8(14)3-4-10(9)13(16)17/h3-5,7,14H,6H2,1-2H3,(H,12,15). The lowest BCUT2D eigenvalue weighted by Gasteiger charge is -2.10. The Kier molecular flexibility index (Phi) is 4.61. The first-order chi connectivity index (χ1) is 8.45. The van der Waals surface area contributed by atoms with Crippen molar-refractivity contribution in [1.82, 2.24) is 5.32 Å². The number of ether oxygens (including phenoxy) is 1. The molecule has 0 aliphatic carbocycles. The lowest BCUT2D eigenvalue weighted by atomic mass is 10.1. The maximum Gasteiger partial charge on any atom is 0.282 e. The lowest BCUT2D eigenvalue weighted by Crippen LogP contribution is -2.31. The highest BCUT2D eigenvalue weighted by atomic mass is 16.6. The van der Waals surface area contributed by atoms with E-state index in [-0.39, 0.29) is 29.6 Å². The Morgan fingerprint density at radius 1 is 1.61 bits per heavy atom. The molecule has 0 spiro atoms. The third-order valence-electron chi connectivity index (χ3n) is 2.37. The van der Waals surface area contributed by atoms with Gasteiger partial charge in [-0.1, -0.05) is 0 Å². The van der Waals surface area contributed by atoms with Crippen molar-refractivity contribution in [1.29, 1.82) is 0 Å². The zero-order valence-corrected chi connectivity index (χ0v) is 10.0. The second-order valence-corrected chi connectivity index (χ2v) is 3.71. The van der Waals surface area contributed by atoms with Crippen LogP contribution in [0.3, 0.4) is 0 Å². The molecule has 7 nitrogen and oxygen atoms in total. The number of nitrogens with zero attached hydrogens (tertiary/aromatic N) is 1. The van der Waals surface area contributed by atoms with Crippen molar-refractivity contribution in [2.24, 2.45) is 0 Å². The Morgan fingerprint density at radius 2 is 2.28 bits per heavy atom. The van der Waals surface area contributed by atoms with Gasteiger partial charge in [0.05, 0.1) is 11.0 Å². The van der Waals surface area contributed by atoms with Gasteiger partial charge in [-0.15, -0.1) is 0 Å². The topological polar surface area (TPSA) is 102 Å². The Labute approximate surface area is 104 Å². The molecule has 1 unspecified atom stereocenters. The van der Waals surface area contributed by atoms with Crippen LogP contribution in [0.5, 0.6) is 5.75 Å². The first-order valence-corrected chi connectivity index (χ1v) is 5.24. The monoisotopic (exact) mass is 254 g/mol. The largest absolute Gasteiger partial charge is 0.508 e. The highest BCUT2D eigenvalue weighted by Gasteiger charge is 2.20. The van der Waals surface area contributed by atoms with Crippen LogP contribution in [-0.2, 0) is 4.74 Å². The summed E-state index contributed by atoms with van der Waals surface area (Å²) in [5.74, 6) is -0.827. The van der Waals surface area contributed by atoms with Gasteiger partial charge < -0.3 is 15.2 Å². The molecule has 0 fully saturated rings. The van der Waals surface area contributed by atoms with E-state index < -0.39 is 10.8 Å². The van der Waals surface area contributed by atoms with Crippen LogP contribution in [0.4, 0.5) is 5.69 Å². The van der Waals surface area contributed by atoms with Crippen molar-refractivity contribution >= 4 is 11.6 Å². The molecular formula is C11H14N2O5. The zero-order valence-electron chi connectivity index (χ0n) is 10.0. The smallest absolute Gasteiger partial charge is 0.282 e. The summed E-state index contributed by atoms with van der Waals surface area (Å²) in [6.07, 6.45) is -0.203. The summed E-state index contributed by atoms with van der Waals surface area (Å²) >= 11 is 0. The number of nitro groups is 1. The minimum absolute atomic E-state index is 0.177. The summed E-state index contributed by atoms with van der Waals surface area (Å²) in [4.78, 5) is 21.8. The minimum Gasteiger partial charge on any atom is -0.508 e. The molecule has 0 saturated carbocycles. The number of amides is 1. The van der Waals surface area contributed by atoms with Crippen molar-refractivity contribution in [2.75, 3.05) is 13.7 Å². The van der Waals surface area contributed by atoms with Gasteiger partial charge in [0.15, 0.2) is 0 Å². The molecule has 0 heterocycles. The van der Waals surface area contributed by atoms with Crippen LogP contribution in [0.15, 0.2) is 18.2 Å². The van der Waals surface area contributed by atoms with Gasteiger partial charge in [-0.05, 0) is 19.1 Å². The second-order valence-electron chi connectivity index (χ2n) is 3.71. The van der Waals surface area contributed by atoms with Crippen molar-refractivity contribution in [3.8, 4) is 5.75 Å². The molecule has 0 saturated heterocycles. The molecule has 0 bridgehead atoms. The molecule has 98 valence electrons. The number of hydrogen-bond donors (Lipinski definition) is 2. The molecular weight excluding hydrogens is 240 g/mol. The van der Waals surface area contributed by atoms with Gasteiger partial charge in [-0.3, -0.25) is 14.9 Å². The third kappa shape index (κ3) is 3.42. The number of rotatable bonds is 5. The van der Waals surface area contributed by atoms with E-state index in [0.29, 0.717) is 0 Å². The molecule has 0 aromatic heterocycles. The van der Waals surface area contributed by atoms with Gasteiger partial charge in [-0.2, -0.15) is 0 Å². The molecule has 0 aliphatic heterocycles. The fourth-order valence-corrected chi connectivity index (χ4v) is 1.28. The summed E-state index contributed by atoms with van der Waals surface area (Å²) in [6, 6.07) is 3.31. The third-order valence-corrected chi connectivity index (χ3v) is 2.37. The zero-order chi connectivity index (χ0) is 13.7. The van der Waals surface area contributed by atoms with Gasteiger partial charge in [-0.25, -0.2) is 0 Å². The minimum atomic E-state index is -0.673. The van der Waals surface area contributed by atoms with Crippen molar-refractivity contribution < 1.29 is 19.6 Å². The Balaban J connectivity index is 2.90. The molecule has 1 aromatic carbocycles. The number of benzene rings is 1. The van der Waals surface area contributed by atoms with Crippen molar-refractivity contribution in [3.05, 3.63) is 33.9 Å². The van der Waals surface area contributed by atoms with E-state index in [1.54, 1.807) is 6.92 Å². The fraction of sp³-hybridized carbons (Fsp3) is 0.364. The van der Waals surface area contributed by atoms with Crippen LogP contribution in [0.1, 0.15) is 17.3 Å². The number of aromatic hydroxyl groups is 1. The average molecular weight is 254 g/mol. The maximum atomic E-state index is 11.8. The molecule has 1 aromatic rings. The van der Waals surface area contributed by atoms with Crippen LogP contribution in [-0.4, -0.2) is 35.7 Å². The van der Waals surface area contributed by atoms with Crippen molar-refractivity contribution in [2.45, 2.75) is 13.0 Å². The van der Waals surface area contributed by atoms with Gasteiger partial charge in [0.2, 0.25) is 0 Å². The predicted molar refractivity (Wildman–Crippen MR) is 63.6 cm³/mol. The molecule has 18 heavy (non-hydrogen) atoms. The van der Waals surface area contributed by atoms with E-state index in [9.17, 15) is 20.0 Å². The molecule has 2 N–H and O–H groups in total. The predicted octanol–water partition coefficient (Wildman–Crippen LogP) is 1.07. The summed E-state index contributed by atoms with van der Waals surface area (Å²) < 4.78 is 4.94. The van der Waals surface area contributed by atoms with Gasteiger partial charge in [0.1, 0.15) is 11.3 Å². The van der Waals surface area contributed by atoms with E-state index in [1.165, 1.54) is 7.11 Å². The summed E-state index contributed by atoms with van der Waals surface area (Å²) in [5.41, 5.74) is -0.529. The Hall–Kier alpha value is -2.15. The normalized spacial score (nSPS) is 11.9. The lowest BCUT2D eigenvalue weighted by molar-refractivity contribution is -0.385. The number of phenols is 1. The number of carbonyl (C=O) groups excluding carboxylic acids is 1. The average Bonchev–Trinajstić information content (AvgIpc) is 2.34. The number of phenolic OH excluding ortho intramolecular Hbond substituents is 1. The Bertz CT molecular complexity index is 461. The van der Waals surface area contributed by atoms with Gasteiger partial charge in [0.25, 0.3) is 11.6 Å². The number of methoxy groups -OCH3 is 1. The second kappa shape index (κ2) is 5.97. The number of hydrogen-bond acceptors (Lipinski definition) is 5. The quantitative estimate of drug-likeness (QED) is 0.604. The van der Waals surface area contributed by atoms with Gasteiger partial charge >= 0.3 is 0 Å². The number of nitro benzene ring substituents is 1. The first kappa shape index (κ1) is 13.9. The Morgan fingerprint density at radius 3 is 2.83 bits per heavy atom. The van der Waals surface area contributed by atoms with E-state index in [2.05, 4.69) is 5.32 Å². The summed E-state index contributed by atoms with van der Waals surface area (Å²) in [6.45, 7) is 1.97. The van der Waals surface area contributed by atoms with E-state index in [0.717, 1.165) is 18.2 Å². The van der Waals surface area contributed by atoms with Crippen molar-refractivity contribution in [3.63, 3.8) is 0 Å². The van der Waals surface area contributed by atoms with Crippen LogP contribution >= 0.6 is 0 Å². The molecule has 1 rings (SSSR count). The molecule has 0 radical (unpaired) electrons. The van der Waals surface area contributed by atoms with Crippen LogP contribution < -0.4 is 5.32 Å². The summed E-state index contributed by atoms with van der Waals surface area (Å²) in [5, 5.41) is 22.5. The molecule has 7 heteroatoms. The molecule has 1 atom stereocenters. The SMILES string of the molecule is COC(C)CNC(=O)c1cc(O)ccc1[N+](=O)[O-]. The molecule has 1 amide bonds. The number of nitrogens with one attached hydrogen (secondary N) is 1. The highest BCUT2D eigenvalue weighted by molar-refractivity contribution is 5.98. The maximum absolute atomic E-state index is 11.8. The fourth-order valence-electron chi connectivity index (χ4n) is 1.28. The van der Waals surface area contributed by atoms with E-state index in [1.807, 2.05) is 0 Å². The molecule has 0 aliphatic rings. The summed E-state index contributed by atoms with van der Waals surface area (Å²) in [7, 11) is 1.49. The van der Waals surface area contributed by atoms with Crippen LogP contribution in [0.25, 0.3) is 0 Å². The van der Waals surface area contributed by atoms with Crippen LogP contribution in [0, 0.1) is 10.1 Å². The van der Waals surface area contributed by atoms with E-state index in [4.69, 9.17) is 4.74 Å². The number of carbonyl (C=O) groups is 1. The highest BCUT2D eigenvalue weighted by Crippen LogP contribution is 2.23. The van der Waals surface area contributed by atoms with Gasteiger partial charge in [0, 0.05) is 19.7 Å².